The van der Waals surface area contributed by atoms with Crippen LogP contribution in [0.1, 0.15) is 44.6 Å². The van der Waals surface area contributed by atoms with Crippen molar-refractivity contribution in [3.8, 4) is 0 Å². The third kappa shape index (κ3) is 4.27. The zero-order valence-electron chi connectivity index (χ0n) is 14.0. The molecule has 2 saturated heterocycles. The summed E-state index contributed by atoms with van der Waals surface area (Å²) in [6.45, 7) is 5.41. The van der Waals surface area contributed by atoms with Gasteiger partial charge in [0.1, 0.15) is 0 Å². The van der Waals surface area contributed by atoms with E-state index in [1.54, 1.807) is 0 Å². The van der Waals surface area contributed by atoms with Crippen LogP contribution in [0.4, 0.5) is 0 Å². The Bertz CT molecular complexity index is 525. The van der Waals surface area contributed by atoms with Gasteiger partial charge in [-0.15, -0.1) is 0 Å². The predicted octanol–water partition coefficient (Wildman–Crippen LogP) is 3.75. The van der Waals surface area contributed by atoms with Crippen LogP contribution in [-0.4, -0.2) is 47.4 Å². The molecule has 1 atom stereocenters. The highest BCUT2D eigenvalue weighted by atomic mass is 35.5. The summed E-state index contributed by atoms with van der Waals surface area (Å²) in [7, 11) is 0. The van der Waals surface area contributed by atoms with E-state index < -0.39 is 0 Å². The number of nitrogens with zero attached hydrogens (tertiary/aromatic N) is 2. The Kier molecular flexibility index (Phi) is 5.60. The van der Waals surface area contributed by atoms with Gasteiger partial charge in [-0.3, -0.25) is 9.69 Å². The quantitative estimate of drug-likeness (QED) is 0.818. The molecule has 0 saturated carbocycles. The van der Waals surface area contributed by atoms with Gasteiger partial charge in [0, 0.05) is 36.6 Å². The minimum atomic E-state index is 0.319. The van der Waals surface area contributed by atoms with Crippen LogP contribution in [0.3, 0.4) is 0 Å². The normalized spacial score (nSPS) is 22.9. The summed E-state index contributed by atoms with van der Waals surface area (Å²) in [5, 5.41) is 0.767. The molecule has 126 valence electrons. The molecule has 4 heteroatoms. The number of benzene rings is 1. The fraction of sp³-hybridized carbons (Fsp3) is 0.632. The highest BCUT2D eigenvalue weighted by Gasteiger charge is 2.36. The van der Waals surface area contributed by atoms with E-state index in [0.717, 1.165) is 31.0 Å². The second-order valence-electron chi connectivity index (χ2n) is 7.02. The van der Waals surface area contributed by atoms with E-state index in [-0.39, 0.29) is 0 Å². The second-order valence-corrected chi connectivity index (χ2v) is 7.45. The Morgan fingerprint density at radius 3 is 2.65 bits per heavy atom. The van der Waals surface area contributed by atoms with Gasteiger partial charge in [0.2, 0.25) is 5.91 Å². The van der Waals surface area contributed by atoms with Crippen LogP contribution in [-0.2, 0) is 11.2 Å². The average molecular weight is 335 g/mol. The first-order chi connectivity index (χ1) is 11.1. The summed E-state index contributed by atoms with van der Waals surface area (Å²) in [5.74, 6) is 0.319. The number of aryl methyl sites for hydroxylation is 1. The fourth-order valence-electron chi connectivity index (χ4n) is 3.78. The molecular weight excluding hydrogens is 308 g/mol. The Morgan fingerprint density at radius 2 is 1.96 bits per heavy atom. The van der Waals surface area contributed by atoms with Crippen molar-refractivity contribution >= 4 is 17.5 Å². The Labute approximate surface area is 144 Å². The molecule has 2 aliphatic heterocycles. The molecule has 1 aromatic rings. The van der Waals surface area contributed by atoms with E-state index in [2.05, 4.69) is 11.8 Å². The topological polar surface area (TPSA) is 23.6 Å². The number of hydrogen-bond acceptors (Lipinski definition) is 2. The summed E-state index contributed by atoms with van der Waals surface area (Å²) < 4.78 is 0. The van der Waals surface area contributed by atoms with E-state index in [1.165, 1.54) is 31.4 Å². The third-order valence-corrected chi connectivity index (χ3v) is 5.56. The molecule has 0 N–H and O–H groups in total. The molecule has 1 aromatic carbocycles. The predicted molar refractivity (Wildman–Crippen MR) is 94.8 cm³/mol. The third-order valence-electron chi connectivity index (χ3n) is 5.31. The highest BCUT2D eigenvalue weighted by Crippen LogP contribution is 2.25. The lowest BCUT2D eigenvalue weighted by Crippen LogP contribution is -2.63. The number of amides is 1. The maximum Gasteiger partial charge on any atom is 0.222 e. The average Bonchev–Trinajstić information content (AvgIpc) is 2.50. The molecule has 2 fully saturated rings. The van der Waals surface area contributed by atoms with Crippen molar-refractivity contribution in [3.05, 3.63) is 34.9 Å². The van der Waals surface area contributed by atoms with Crippen molar-refractivity contribution in [2.75, 3.05) is 19.6 Å². The minimum absolute atomic E-state index is 0.319. The molecule has 0 aromatic heterocycles. The number of hydrogen-bond donors (Lipinski definition) is 0. The van der Waals surface area contributed by atoms with Crippen LogP contribution in [0.5, 0.6) is 0 Å². The largest absolute Gasteiger partial charge is 0.339 e. The van der Waals surface area contributed by atoms with Crippen molar-refractivity contribution in [1.29, 1.82) is 0 Å². The van der Waals surface area contributed by atoms with Gasteiger partial charge in [-0.2, -0.15) is 0 Å². The van der Waals surface area contributed by atoms with Gasteiger partial charge in [-0.05, 0) is 56.8 Å². The molecule has 1 amide bonds. The van der Waals surface area contributed by atoms with E-state index in [9.17, 15) is 4.79 Å². The molecule has 3 rings (SSSR count). The van der Waals surface area contributed by atoms with E-state index in [4.69, 9.17) is 11.6 Å². The molecular formula is C19H27ClN2O. The monoisotopic (exact) mass is 334 g/mol. The molecule has 23 heavy (non-hydrogen) atoms. The molecule has 2 heterocycles. The number of carbonyl (C=O) groups is 1. The molecule has 3 nitrogen and oxygen atoms in total. The van der Waals surface area contributed by atoms with Crippen molar-refractivity contribution < 1.29 is 4.79 Å². The molecule has 2 aliphatic rings. The van der Waals surface area contributed by atoms with Gasteiger partial charge >= 0.3 is 0 Å². The van der Waals surface area contributed by atoms with Gasteiger partial charge in [-0.25, -0.2) is 0 Å². The van der Waals surface area contributed by atoms with E-state index in [1.807, 2.05) is 29.2 Å². The van der Waals surface area contributed by atoms with Gasteiger partial charge in [0.05, 0.1) is 0 Å². The lowest BCUT2D eigenvalue weighted by Gasteiger charge is -2.49. The molecule has 1 unspecified atom stereocenters. The first kappa shape index (κ1) is 16.8. The highest BCUT2D eigenvalue weighted by molar-refractivity contribution is 6.30. The lowest BCUT2D eigenvalue weighted by molar-refractivity contribution is -0.139. The van der Waals surface area contributed by atoms with Gasteiger partial charge in [0.25, 0.3) is 0 Å². The maximum atomic E-state index is 12.3. The van der Waals surface area contributed by atoms with Crippen LogP contribution in [0.25, 0.3) is 0 Å². The van der Waals surface area contributed by atoms with Crippen LogP contribution in [0.2, 0.25) is 5.02 Å². The molecule has 0 aliphatic carbocycles. The number of likely N-dealkylation sites (tertiary alicyclic amines) is 2. The van der Waals surface area contributed by atoms with Crippen molar-refractivity contribution in [1.82, 2.24) is 9.80 Å². The van der Waals surface area contributed by atoms with Crippen molar-refractivity contribution in [2.45, 2.75) is 57.5 Å². The first-order valence-electron chi connectivity index (χ1n) is 8.91. The Hall–Kier alpha value is -1.06. The van der Waals surface area contributed by atoms with Crippen molar-refractivity contribution in [2.24, 2.45) is 0 Å². The first-order valence-corrected chi connectivity index (χ1v) is 9.29. The van der Waals surface area contributed by atoms with Crippen LogP contribution < -0.4 is 0 Å². The van der Waals surface area contributed by atoms with Crippen molar-refractivity contribution in [3.63, 3.8) is 0 Å². The number of halogens is 1. The zero-order chi connectivity index (χ0) is 16.2. The SMILES string of the molecule is CC1CCCCN1C1CN(C(=O)CCCc2ccc(Cl)cc2)C1. The van der Waals surface area contributed by atoms with Crippen LogP contribution in [0.15, 0.2) is 24.3 Å². The van der Waals surface area contributed by atoms with Crippen LogP contribution in [0, 0.1) is 0 Å². The Morgan fingerprint density at radius 1 is 1.22 bits per heavy atom. The minimum Gasteiger partial charge on any atom is -0.339 e. The van der Waals surface area contributed by atoms with Gasteiger partial charge < -0.3 is 4.90 Å². The number of carbonyl (C=O) groups excluding carboxylic acids is 1. The van der Waals surface area contributed by atoms with E-state index in [0.29, 0.717) is 24.4 Å². The summed E-state index contributed by atoms with van der Waals surface area (Å²) in [5.41, 5.74) is 1.26. The summed E-state index contributed by atoms with van der Waals surface area (Å²) in [6.07, 6.45) is 6.51. The van der Waals surface area contributed by atoms with E-state index >= 15 is 0 Å². The summed E-state index contributed by atoms with van der Waals surface area (Å²) in [4.78, 5) is 16.9. The standard InChI is InChI=1S/C19H27ClN2O/c1-15-5-2-3-12-22(15)18-13-21(14-18)19(23)7-4-6-16-8-10-17(20)11-9-16/h8-11,15,18H,2-7,12-14H2,1H3. The van der Waals surface area contributed by atoms with Gasteiger partial charge in [0.15, 0.2) is 0 Å². The second kappa shape index (κ2) is 7.67. The fourth-order valence-corrected chi connectivity index (χ4v) is 3.91. The number of rotatable bonds is 5. The zero-order valence-corrected chi connectivity index (χ0v) is 14.8. The molecule has 0 spiro atoms. The Balaban J connectivity index is 1.36. The maximum absolute atomic E-state index is 12.3. The number of piperidine rings is 1. The van der Waals surface area contributed by atoms with Crippen LogP contribution >= 0.6 is 11.6 Å². The summed E-state index contributed by atoms with van der Waals surface area (Å²) >= 11 is 5.89. The molecule has 0 bridgehead atoms. The van der Waals surface area contributed by atoms with Gasteiger partial charge in [-0.1, -0.05) is 30.2 Å². The molecule has 0 radical (unpaired) electrons. The smallest absolute Gasteiger partial charge is 0.222 e. The lowest BCUT2D eigenvalue weighted by atomic mass is 9.97. The summed E-state index contributed by atoms with van der Waals surface area (Å²) in [6, 6.07) is 9.22.